The van der Waals surface area contributed by atoms with E-state index in [2.05, 4.69) is 28.2 Å². The van der Waals surface area contributed by atoms with Crippen LogP contribution in [0.1, 0.15) is 18.1 Å². The average molecular weight is 459 g/mol. The van der Waals surface area contributed by atoms with Gasteiger partial charge in [0.15, 0.2) is 5.96 Å². The summed E-state index contributed by atoms with van der Waals surface area (Å²) < 4.78 is 0. The first-order valence-electron chi connectivity index (χ1n) is 7.82. The zero-order valence-corrected chi connectivity index (χ0v) is 17.2. The maximum Gasteiger partial charge on any atom is 0.193 e. The minimum Gasteiger partial charge on any atom is -0.357 e. The van der Waals surface area contributed by atoms with Gasteiger partial charge in [-0.05, 0) is 42.7 Å². The Morgan fingerprint density at radius 1 is 1.21 bits per heavy atom. The molecule has 0 radical (unpaired) electrons. The molecule has 4 nitrogen and oxygen atoms in total. The Hall–Kier alpha value is -1.34. The molecule has 0 saturated carbocycles. The second-order valence-electron chi connectivity index (χ2n) is 5.33. The third-order valence-electron chi connectivity index (χ3n) is 3.41. The third kappa shape index (κ3) is 7.05. The van der Waals surface area contributed by atoms with Crippen LogP contribution in [-0.2, 0) is 13.0 Å². The molecule has 0 fully saturated rings. The van der Waals surface area contributed by atoms with Gasteiger partial charge in [0, 0.05) is 44.1 Å². The zero-order valence-electron chi connectivity index (χ0n) is 14.1. The Bertz CT molecular complexity index is 617. The van der Waals surface area contributed by atoms with Gasteiger partial charge in [-0.3, -0.25) is 9.98 Å². The van der Waals surface area contributed by atoms with Crippen molar-refractivity contribution in [3.8, 4) is 0 Å². The third-order valence-corrected chi connectivity index (χ3v) is 3.67. The number of nitrogens with one attached hydrogen (secondary N) is 1. The predicted octanol–water partition coefficient (Wildman–Crippen LogP) is 3.99. The van der Waals surface area contributed by atoms with Crippen molar-refractivity contribution in [2.24, 2.45) is 4.99 Å². The molecule has 0 aliphatic heterocycles. The molecule has 2 aromatic rings. The van der Waals surface area contributed by atoms with E-state index in [0.29, 0.717) is 0 Å². The first-order valence-corrected chi connectivity index (χ1v) is 8.19. The van der Waals surface area contributed by atoms with Crippen LogP contribution in [0.2, 0.25) is 5.02 Å². The average Bonchev–Trinajstić information content (AvgIpc) is 2.57. The number of hydrogen-bond donors (Lipinski definition) is 1. The molecular weight excluding hydrogens is 435 g/mol. The summed E-state index contributed by atoms with van der Waals surface area (Å²) in [5.41, 5.74) is 2.40. The summed E-state index contributed by atoms with van der Waals surface area (Å²) in [5.74, 6) is 0.909. The number of rotatable bonds is 6. The molecule has 130 valence electrons. The van der Waals surface area contributed by atoms with Gasteiger partial charge in [-0.15, -0.1) is 24.0 Å². The Labute approximate surface area is 166 Å². The molecule has 1 N–H and O–H groups in total. The molecule has 1 heterocycles. The first-order chi connectivity index (χ1) is 11.2. The summed E-state index contributed by atoms with van der Waals surface area (Å²) in [5, 5.41) is 4.09. The number of nitrogens with zero attached hydrogens (tertiary/aromatic N) is 3. The summed E-state index contributed by atoms with van der Waals surface area (Å²) in [7, 11) is 2.04. The highest BCUT2D eigenvalue weighted by molar-refractivity contribution is 14.0. The van der Waals surface area contributed by atoms with Crippen molar-refractivity contribution >= 4 is 41.5 Å². The first kappa shape index (κ1) is 20.7. The largest absolute Gasteiger partial charge is 0.357 e. The molecular formula is C18H24ClIN4. The minimum atomic E-state index is 0. The van der Waals surface area contributed by atoms with E-state index in [1.54, 1.807) is 6.20 Å². The molecule has 0 saturated heterocycles. The summed E-state index contributed by atoms with van der Waals surface area (Å²) in [6.07, 6.45) is 4.56. The van der Waals surface area contributed by atoms with Crippen LogP contribution in [0.15, 0.2) is 53.8 Å². The monoisotopic (exact) mass is 458 g/mol. The molecule has 0 aliphatic rings. The van der Waals surface area contributed by atoms with E-state index in [9.17, 15) is 0 Å². The number of aliphatic imine (C=N–C) groups is 1. The van der Waals surface area contributed by atoms with E-state index in [4.69, 9.17) is 16.6 Å². The molecule has 1 aromatic heterocycles. The van der Waals surface area contributed by atoms with Crippen LogP contribution in [0.3, 0.4) is 0 Å². The van der Waals surface area contributed by atoms with Crippen molar-refractivity contribution in [1.29, 1.82) is 0 Å². The fourth-order valence-electron chi connectivity index (χ4n) is 2.25. The van der Waals surface area contributed by atoms with E-state index in [1.165, 1.54) is 11.1 Å². The van der Waals surface area contributed by atoms with Crippen molar-refractivity contribution in [1.82, 2.24) is 15.2 Å². The van der Waals surface area contributed by atoms with Crippen LogP contribution >= 0.6 is 35.6 Å². The van der Waals surface area contributed by atoms with E-state index in [1.807, 2.05) is 43.6 Å². The van der Waals surface area contributed by atoms with Gasteiger partial charge in [-0.2, -0.15) is 0 Å². The fourth-order valence-corrected chi connectivity index (χ4v) is 2.37. The van der Waals surface area contributed by atoms with Gasteiger partial charge < -0.3 is 10.2 Å². The maximum atomic E-state index is 5.93. The van der Waals surface area contributed by atoms with E-state index < -0.39 is 0 Å². The SMILES string of the molecule is CCNC(=NCCc1cccnc1)N(C)Cc1ccc(Cl)cc1.I. The number of aromatic nitrogens is 1. The van der Waals surface area contributed by atoms with Gasteiger partial charge in [0.1, 0.15) is 0 Å². The molecule has 0 spiro atoms. The molecule has 6 heteroatoms. The van der Waals surface area contributed by atoms with Gasteiger partial charge in [0.05, 0.1) is 0 Å². The van der Waals surface area contributed by atoms with Gasteiger partial charge in [-0.25, -0.2) is 0 Å². The number of hydrogen-bond acceptors (Lipinski definition) is 2. The van der Waals surface area contributed by atoms with Gasteiger partial charge in [0.2, 0.25) is 0 Å². The second-order valence-corrected chi connectivity index (χ2v) is 5.77. The van der Waals surface area contributed by atoms with Crippen LogP contribution in [0.5, 0.6) is 0 Å². The van der Waals surface area contributed by atoms with Crippen molar-refractivity contribution in [3.05, 3.63) is 64.9 Å². The Kier molecular flexibility index (Phi) is 9.71. The lowest BCUT2D eigenvalue weighted by atomic mass is 10.2. The van der Waals surface area contributed by atoms with E-state index >= 15 is 0 Å². The van der Waals surface area contributed by atoms with Gasteiger partial charge >= 0.3 is 0 Å². The summed E-state index contributed by atoms with van der Waals surface area (Å²) in [6.45, 7) is 4.44. The zero-order chi connectivity index (χ0) is 16.5. The number of guanidine groups is 1. The van der Waals surface area contributed by atoms with Gasteiger partial charge in [0.25, 0.3) is 0 Å². The smallest absolute Gasteiger partial charge is 0.193 e. The quantitative estimate of drug-likeness (QED) is 0.404. The predicted molar refractivity (Wildman–Crippen MR) is 112 cm³/mol. The highest BCUT2D eigenvalue weighted by atomic mass is 127. The molecule has 0 aliphatic carbocycles. The van der Waals surface area contributed by atoms with E-state index in [0.717, 1.165) is 37.0 Å². The minimum absolute atomic E-state index is 0. The fraction of sp³-hybridized carbons (Fsp3) is 0.333. The second kappa shape index (κ2) is 11.3. The van der Waals surface area contributed by atoms with Gasteiger partial charge in [-0.1, -0.05) is 29.8 Å². The van der Waals surface area contributed by atoms with Crippen molar-refractivity contribution in [2.75, 3.05) is 20.1 Å². The summed E-state index contributed by atoms with van der Waals surface area (Å²) in [4.78, 5) is 11.0. The highest BCUT2D eigenvalue weighted by Gasteiger charge is 2.06. The topological polar surface area (TPSA) is 40.5 Å². The summed E-state index contributed by atoms with van der Waals surface area (Å²) in [6, 6.07) is 11.9. The summed E-state index contributed by atoms with van der Waals surface area (Å²) >= 11 is 5.93. The van der Waals surface area contributed by atoms with Crippen LogP contribution in [-0.4, -0.2) is 36.0 Å². The van der Waals surface area contributed by atoms with E-state index in [-0.39, 0.29) is 24.0 Å². The van der Waals surface area contributed by atoms with Crippen LogP contribution in [0.4, 0.5) is 0 Å². The van der Waals surface area contributed by atoms with Crippen LogP contribution < -0.4 is 5.32 Å². The van der Waals surface area contributed by atoms with Crippen molar-refractivity contribution in [2.45, 2.75) is 19.9 Å². The molecule has 24 heavy (non-hydrogen) atoms. The lowest BCUT2D eigenvalue weighted by Gasteiger charge is -2.22. The molecule has 1 aromatic carbocycles. The standard InChI is InChI=1S/C18H23ClN4.HI/c1-3-21-18(22-12-10-15-5-4-11-20-13-15)23(2)14-16-6-8-17(19)9-7-16;/h4-9,11,13H,3,10,12,14H2,1-2H3,(H,21,22);1H. The van der Waals surface area contributed by atoms with Crippen molar-refractivity contribution in [3.63, 3.8) is 0 Å². The molecule has 2 rings (SSSR count). The maximum absolute atomic E-state index is 5.93. The molecule has 0 unspecified atom stereocenters. The van der Waals surface area contributed by atoms with Crippen LogP contribution in [0, 0.1) is 0 Å². The molecule has 0 atom stereocenters. The number of halogens is 2. The normalized spacial score (nSPS) is 10.9. The highest BCUT2D eigenvalue weighted by Crippen LogP contribution is 2.11. The molecule has 0 amide bonds. The molecule has 0 bridgehead atoms. The van der Waals surface area contributed by atoms with Crippen molar-refractivity contribution < 1.29 is 0 Å². The van der Waals surface area contributed by atoms with Crippen LogP contribution in [0.25, 0.3) is 0 Å². The number of pyridine rings is 1. The lowest BCUT2D eigenvalue weighted by Crippen LogP contribution is -2.38. The Morgan fingerprint density at radius 2 is 1.96 bits per heavy atom. The number of benzene rings is 1. The Balaban J connectivity index is 0.00000288. The Morgan fingerprint density at radius 3 is 2.58 bits per heavy atom. The lowest BCUT2D eigenvalue weighted by molar-refractivity contribution is 0.477.